The van der Waals surface area contributed by atoms with Crippen molar-refractivity contribution in [3.63, 3.8) is 0 Å². The molecule has 22 heavy (non-hydrogen) atoms. The first kappa shape index (κ1) is 15.6. The Kier molecular flexibility index (Phi) is 5.14. The van der Waals surface area contributed by atoms with Crippen molar-refractivity contribution in [2.75, 3.05) is 7.11 Å². The van der Waals surface area contributed by atoms with Gasteiger partial charge in [-0.3, -0.25) is 0 Å². The molecule has 114 valence electrons. The monoisotopic (exact) mass is 299 g/mol. The highest BCUT2D eigenvalue weighted by Crippen LogP contribution is 2.24. The van der Waals surface area contributed by atoms with Gasteiger partial charge in [-0.05, 0) is 16.7 Å². The fourth-order valence-corrected chi connectivity index (χ4v) is 2.22. The lowest BCUT2D eigenvalue weighted by Crippen LogP contribution is -2.42. The molecule has 2 aromatic carbocycles. The van der Waals surface area contributed by atoms with Crippen molar-refractivity contribution < 1.29 is 19.4 Å². The molecule has 0 spiro atoms. The van der Waals surface area contributed by atoms with Gasteiger partial charge >= 0.3 is 12.1 Å². The van der Waals surface area contributed by atoms with E-state index in [1.807, 2.05) is 54.6 Å². The van der Waals surface area contributed by atoms with Crippen LogP contribution in [0.15, 0.2) is 54.6 Å². The number of benzene rings is 2. The van der Waals surface area contributed by atoms with Crippen molar-refractivity contribution in [3.8, 4) is 11.1 Å². The summed E-state index contributed by atoms with van der Waals surface area (Å²) in [5.41, 5.74) is 2.79. The van der Waals surface area contributed by atoms with E-state index in [2.05, 4.69) is 10.1 Å². The van der Waals surface area contributed by atoms with Crippen LogP contribution < -0.4 is 5.32 Å². The number of hydrogen-bond donors (Lipinski definition) is 2. The highest BCUT2D eigenvalue weighted by Gasteiger charge is 2.22. The Labute approximate surface area is 128 Å². The third-order valence-electron chi connectivity index (χ3n) is 3.30. The Balaban J connectivity index is 2.28. The van der Waals surface area contributed by atoms with Gasteiger partial charge in [0.05, 0.1) is 7.11 Å². The first-order chi connectivity index (χ1) is 10.6. The zero-order valence-electron chi connectivity index (χ0n) is 12.2. The Hall–Kier alpha value is -2.82. The SMILES string of the molecule is COC(=O)N[C@H](Cc1ccccc1-c1ccccc1)C(=O)O. The molecule has 0 saturated heterocycles. The molecule has 5 nitrogen and oxygen atoms in total. The molecular weight excluding hydrogens is 282 g/mol. The van der Waals surface area contributed by atoms with Crippen molar-refractivity contribution >= 4 is 12.1 Å². The van der Waals surface area contributed by atoms with Gasteiger partial charge in [0, 0.05) is 6.42 Å². The fraction of sp³-hybridized carbons (Fsp3) is 0.176. The minimum absolute atomic E-state index is 0.176. The molecule has 2 aromatic rings. The van der Waals surface area contributed by atoms with E-state index in [0.717, 1.165) is 16.7 Å². The lowest BCUT2D eigenvalue weighted by molar-refractivity contribution is -0.139. The van der Waals surface area contributed by atoms with Crippen LogP contribution in [-0.2, 0) is 16.0 Å². The number of amides is 1. The molecule has 0 aliphatic heterocycles. The summed E-state index contributed by atoms with van der Waals surface area (Å²) in [6.45, 7) is 0. The number of aliphatic carboxylic acids is 1. The Morgan fingerprint density at radius 2 is 1.73 bits per heavy atom. The van der Waals surface area contributed by atoms with E-state index in [9.17, 15) is 14.7 Å². The number of carbonyl (C=O) groups excluding carboxylic acids is 1. The minimum atomic E-state index is -1.10. The normalized spacial score (nSPS) is 11.5. The molecule has 5 heteroatoms. The molecule has 0 aliphatic rings. The van der Waals surface area contributed by atoms with Crippen LogP contribution in [0.5, 0.6) is 0 Å². The molecule has 0 unspecified atom stereocenters. The Morgan fingerprint density at radius 3 is 2.36 bits per heavy atom. The number of carboxylic acid groups (broad SMARTS) is 1. The molecule has 0 bridgehead atoms. The molecule has 0 aromatic heterocycles. The van der Waals surface area contributed by atoms with Gasteiger partial charge < -0.3 is 15.2 Å². The summed E-state index contributed by atoms with van der Waals surface area (Å²) >= 11 is 0. The molecule has 0 heterocycles. The largest absolute Gasteiger partial charge is 0.480 e. The van der Waals surface area contributed by atoms with Crippen LogP contribution in [0.3, 0.4) is 0 Å². The summed E-state index contributed by atoms with van der Waals surface area (Å²) in [7, 11) is 1.20. The van der Waals surface area contributed by atoms with Gasteiger partial charge in [-0.1, -0.05) is 54.6 Å². The van der Waals surface area contributed by atoms with Crippen LogP contribution >= 0.6 is 0 Å². The minimum Gasteiger partial charge on any atom is -0.480 e. The summed E-state index contributed by atoms with van der Waals surface area (Å²) in [6.07, 6.45) is -0.584. The van der Waals surface area contributed by atoms with Gasteiger partial charge in [0.15, 0.2) is 0 Å². The van der Waals surface area contributed by atoms with Crippen LogP contribution in [0, 0.1) is 0 Å². The van der Waals surface area contributed by atoms with E-state index in [0.29, 0.717) is 0 Å². The van der Waals surface area contributed by atoms with E-state index in [1.54, 1.807) is 0 Å². The van der Waals surface area contributed by atoms with Crippen LogP contribution in [0.4, 0.5) is 4.79 Å². The average molecular weight is 299 g/mol. The topological polar surface area (TPSA) is 75.6 Å². The van der Waals surface area contributed by atoms with Gasteiger partial charge in [0.2, 0.25) is 0 Å². The first-order valence-corrected chi connectivity index (χ1v) is 6.82. The third-order valence-corrected chi connectivity index (χ3v) is 3.30. The molecule has 0 fully saturated rings. The van der Waals surface area contributed by atoms with Crippen molar-refractivity contribution in [2.45, 2.75) is 12.5 Å². The van der Waals surface area contributed by atoms with Gasteiger partial charge in [-0.2, -0.15) is 0 Å². The predicted octanol–water partition coefficient (Wildman–Crippen LogP) is 2.71. The van der Waals surface area contributed by atoms with Crippen LogP contribution in [0.1, 0.15) is 5.56 Å². The number of ether oxygens (including phenoxy) is 1. The van der Waals surface area contributed by atoms with Crippen molar-refractivity contribution in [3.05, 3.63) is 60.2 Å². The predicted molar refractivity (Wildman–Crippen MR) is 82.5 cm³/mol. The maximum Gasteiger partial charge on any atom is 0.407 e. The smallest absolute Gasteiger partial charge is 0.407 e. The lowest BCUT2D eigenvalue weighted by Gasteiger charge is -2.16. The molecule has 2 rings (SSSR count). The molecule has 2 N–H and O–H groups in total. The quantitative estimate of drug-likeness (QED) is 0.890. The summed E-state index contributed by atoms with van der Waals surface area (Å²) < 4.78 is 4.47. The average Bonchev–Trinajstić information content (AvgIpc) is 2.55. The van der Waals surface area contributed by atoms with Crippen LogP contribution in [-0.4, -0.2) is 30.3 Å². The Morgan fingerprint density at radius 1 is 1.09 bits per heavy atom. The number of carboxylic acids is 1. The number of methoxy groups -OCH3 is 1. The summed E-state index contributed by atoms with van der Waals surface area (Å²) in [4.78, 5) is 22.6. The van der Waals surface area contributed by atoms with Crippen molar-refractivity contribution in [1.29, 1.82) is 0 Å². The van der Waals surface area contributed by atoms with E-state index < -0.39 is 18.1 Å². The highest BCUT2D eigenvalue weighted by atomic mass is 16.5. The molecular formula is C17H17NO4. The van der Waals surface area contributed by atoms with E-state index >= 15 is 0 Å². The summed E-state index contributed by atoms with van der Waals surface area (Å²) in [5, 5.41) is 11.6. The summed E-state index contributed by atoms with van der Waals surface area (Å²) in [6, 6.07) is 16.2. The number of carbonyl (C=O) groups is 2. The number of nitrogens with one attached hydrogen (secondary N) is 1. The van der Waals surface area contributed by atoms with Crippen molar-refractivity contribution in [2.24, 2.45) is 0 Å². The van der Waals surface area contributed by atoms with Gasteiger partial charge in [-0.25, -0.2) is 9.59 Å². The van der Waals surface area contributed by atoms with Crippen molar-refractivity contribution in [1.82, 2.24) is 5.32 Å². The molecule has 1 amide bonds. The van der Waals surface area contributed by atoms with Crippen LogP contribution in [0.25, 0.3) is 11.1 Å². The standard InChI is InChI=1S/C17H17NO4/c1-22-17(21)18-15(16(19)20)11-13-9-5-6-10-14(13)12-7-3-2-4-8-12/h2-10,15H,11H2,1H3,(H,18,21)(H,19,20)/t15-/m1/s1. The third kappa shape index (κ3) is 3.85. The molecule has 1 atom stereocenters. The maximum atomic E-state index is 11.3. The second-order valence-electron chi connectivity index (χ2n) is 4.75. The van der Waals surface area contributed by atoms with Gasteiger partial charge in [0.1, 0.15) is 6.04 Å². The molecule has 0 aliphatic carbocycles. The van der Waals surface area contributed by atoms with Crippen LogP contribution in [0.2, 0.25) is 0 Å². The summed E-state index contributed by atoms with van der Waals surface area (Å²) in [5.74, 6) is -1.10. The Bertz CT molecular complexity index is 655. The highest BCUT2D eigenvalue weighted by molar-refractivity contribution is 5.80. The first-order valence-electron chi connectivity index (χ1n) is 6.82. The molecule has 0 radical (unpaired) electrons. The fourth-order valence-electron chi connectivity index (χ4n) is 2.22. The maximum absolute atomic E-state index is 11.3. The van der Waals surface area contributed by atoms with E-state index in [1.165, 1.54) is 7.11 Å². The zero-order valence-corrected chi connectivity index (χ0v) is 12.2. The van der Waals surface area contributed by atoms with Gasteiger partial charge in [0.25, 0.3) is 0 Å². The van der Waals surface area contributed by atoms with Gasteiger partial charge in [-0.15, -0.1) is 0 Å². The second-order valence-corrected chi connectivity index (χ2v) is 4.75. The van der Waals surface area contributed by atoms with E-state index in [-0.39, 0.29) is 6.42 Å². The zero-order chi connectivity index (χ0) is 15.9. The number of hydrogen-bond acceptors (Lipinski definition) is 3. The number of alkyl carbamates (subject to hydrolysis) is 1. The second kappa shape index (κ2) is 7.26. The molecule has 0 saturated carbocycles. The van der Waals surface area contributed by atoms with E-state index in [4.69, 9.17) is 0 Å². The number of rotatable bonds is 5. The lowest BCUT2D eigenvalue weighted by atomic mass is 9.95.